The lowest BCUT2D eigenvalue weighted by Crippen LogP contribution is -2.47. The van der Waals surface area contributed by atoms with Gasteiger partial charge in [0.2, 0.25) is 11.8 Å². The summed E-state index contributed by atoms with van der Waals surface area (Å²) in [6.07, 6.45) is 0. The van der Waals surface area contributed by atoms with Crippen molar-refractivity contribution >= 4 is 34.1 Å². The third-order valence-corrected chi connectivity index (χ3v) is 4.97. The lowest BCUT2D eigenvalue weighted by Gasteiger charge is -2.15. The van der Waals surface area contributed by atoms with E-state index in [4.69, 9.17) is 5.73 Å². The molecule has 9 heteroatoms. The summed E-state index contributed by atoms with van der Waals surface area (Å²) in [6, 6.07) is 7.33. The van der Waals surface area contributed by atoms with Crippen LogP contribution in [-0.2, 0) is 19.4 Å². The Labute approximate surface area is 148 Å². The summed E-state index contributed by atoms with van der Waals surface area (Å²) in [5.74, 6) is -1.11. The van der Waals surface area contributed by atoms with E-state index in [0.29, 0.717) is 0 Å². The molecule has 1 aromatic rings. The van der Waals surface area contributed by atoms with Crippen LogP contribution in [0.3, 0.4) is 0 Å². The number of nitrogens with one attached hydrogen (secondary N) is 2. The van der Waals surface area contributed by atoms with Crippen molar-refractivity contribution in [2.24, 2.45) is 11.7 Å². The Bertz CT molecular complexity index is 635. The Morgan fingerprint density at radius 3 is 2.25 bits per heavy atom. The zero-order valence-corrected chi connectivity index (χ0v) is 15.3. The van der Waals surface area contributed by atoms with E-state index in [2.05, 4.69) is 10.6 Å². The Balaban J connectivity index is 0.00000529. The number of hydrogen-bond donors (Lipinski definition) is 3. The van der Waals surface area contributed by atoms with Gasteiger partial charge in [-0.15, -0.1) is 12.4 Å². The van der Waals surface area contributed by atoms with E-state index in [1.807, 2.05) is 0 Å². The molecule has 0 aliphatic rings. The van der Waals surface area contributed by atoms with Crippen LogP contribution in [0.5, 0.6) is 0 Å². The van der Waals surface area contributed by atoms with Gasteiger partial charge in [0.1, 0.15) is 0 Å². The first kappa shape index (κ1) is 22.4. The van der Waals surface area contributed by atoms with Gasteiger partial charge in [-0.2, -0.15) is 0 Å². The van der Waals surface area contributed by atoms with Gasteiger partial charge in [-0.3, -0.25) is 9.59 Å². The van der Waals surface area contributed by atoms with Crippen LogP contribution in [0.2, 0.25) is 0 Å². The third kappa shape index (κ3) is 7.29. The molecule has 0 aromatic heterocycles. The van der Waals surface area contributed by atoms with E-state index in [-0.39, 0.29) is 42.1 Å². The lowest BCUT2D eigenvalue weighted by atomic mass is 10.1. The summed E-state index contributed by atoms with van der Waals surface area (Å²) in [7, 11) is -3.43. The molecular weight excluding hydrogens is 354 g/mol. The van der Waals surface area contributed by atoms with Gasteiger partial charge in [0, 0.05) is 6.54 Å². The molecule has 0 radical (unpaired) electrons. The minimum absolute atomic E-state index is 0. The molecule has 2 amide bonds. The maximum absolute atomic E-state index is 12.0. The van der Waals surface area contributed by atoms with Crippen LogP contribution in [0.25, 0.3) is 0 Å². The molecule has 0 saturated heterocycles. The Hall–Kier alpha value is -1.64. The van der Waals surface area contributed by atoms with Crippen molar-refractivity contribution in [1.82, 2.24) is 10.6 Å². The molecule has 1 aromatic carbocycles. The van der Waals surface area contributed by atoms with Gasteiger partial charge in [0.05, 0.1) is 23.2 Å². The first-order chi connectivity index (χ1) is 10.7. The normalized spacial score (nSPS) is 12.2. The highest BCUT2D eigenvalue weighted by Crippen LogP contribution is 2.09. The van der Waals surface area contributed by atoms with Crippen molar-refractivity contribution in [2.75, 3.05) is 18.8 Å². The van der Waals surface area contributed by atoms with Crippen LogP contribution in [0.15, 0.2) is 35.2 Å². The van der Waals surface area contributed by atoms with Gasteiger partial charge in [0.15, 0.2) is 9.84 Å². The smallest absolute Gasteiger partial charge is 0.239 e. The van der Waals surface area contributed by atoms with Crippen LogP contribution in [0.1, 0.15) is 13.8 Å². The predicted molar refractivity (Wildman–Crippen MR) is 94.6 cm³/mol. The van der Waals surface area contributed by atoms with Gasteiger partial charge < -0.3 is 16.4 Å². The summed E-state index contributed by atoms with van der Waals surface area (Å²) in [5, 5.41) is 4.88. The predicted octanol–water partition coefficient (Wildman–Crippen LogP) is 0.0978. The number of carbonyl (C=O) groups excluding carboxylic acids is 2. The molecule has 1 rings (SSSR count). The number of carbonyl (C=O) groups is 2. The molecule has 0 spiro atoms. The van der Waals surface area contributed by atoms with Crippen molar-refractivity contribution in [1.29, 1.82) is 0 Å². The maximum atomic E-state index is 12.0. The molecule has 1 atom stereocenters. The largest absolute Gasteiger partial charge is 0.354 e. The fourth-order valence-electron chi connectivity index (χ4n) is 1.72. The molecule has 0 fully saturated rings. The van der Waals surface area contributed by atoms with Crippen LogP contribution in [-0.4, -0.2) is 45.1 Å². The van der Waals surface area contributed by atoms with Gasteiger partial charge in [-0.05, 0) is 18.1 Å². The standard InChI is InChI=1S/C15H23N3O4S.ClH/c1-11(2)14(16)15(20)18-10-13(19)17-8-9-23(21,22)12-6-4-3-5-7-12;/h3-7,11,14H,8-10,16H2,1-2H3,(H,17,19)(H,18,20);1H/t14-;/m0./s1. The van der Waals surface area contributed by atoms with Crippen LogP contribution in [0, 0.1) is 5.92 Å². The quantitative estimate of drug-likeness (QED) is 0.593. The van der Waals surface area contributed by atoms with Crippen molar-refractivity contribution in [3.05, 3.63) is 30.3 Å². The Morgan fingerprint density at radius 1 is 1.12 bits per heavy atom. The minimum atomic E-state index is -3.43. The molecule has 136 valence electrons. The highest BCUT2D eigenvalue weighted by Gasteiger charge is 2.18. The minimum Gasteiger partial charge on any atom is -0.354 e. The molecular formula is C15H24ClN3O4S. The number of amides is 2. The summed E-state index contributed by atoms with van der Waals surface area (Å²) in [6.45, 7) is 3.35. The van der Waals surface area contributed by atoms with E-state index >= 15 is 0 Å². The van der Waals surface area contributed by atoms with Crippen molar-refractivity contribution in [3.63, 3.8) is 0 Å². The van der Waals surface area contributed by atoms with Crippen LogP contribution < -0.4 is 16.4 Å². The van der Waals surface area contributed by atoms with E-state index < -0.39 is 27.7 Å². The molecule has 0 saturated carbocycles. The fraction of sp³-hybridized carbons (Fsp3) is 0.467. The molecule has 0 bridgehead atoms. The average Bonchev–Trinajstić information content (AvgIpc) is 2.52. The molecule has 0 unspecified atom stereocenters. The SMILES string of the molecule is CC(C)[C@H](N)C(=O)NCC(=O)NCCS(=O)(=O)c1ccccc1.Cl. The van der Waals surface area contributed by atoms with E-state index in [1.54, 1.807) is 32.0 Å². The number of halogens is 1. The van der Waals surface area contributed by atoms with Crippen LogP contribution >= 0.6 is 12.4 Å². The number of benzene rings is 1. The summed E-state index contributed by atoms with van der Waals surface area (Å²) >= 11 is 0. The fourth-order valence-corrected chi connectivity index (χ4v) is 2.90. The summed E-state index contributed by atoms with van der Waals surface area (Å²) in [5.41, 5.74) is 5.64. The summed E-state index contributed by atoms with van der Waals surface area (Å²) in [4.78, 5) is 23.4. The number of nitrogens with two attached hydrogens (primary N) is 1. The second kappa shape index (κ2) is 10.3. The van der Waals surface area contributed by atoms with Gasteiger partial charge in [-0.1, -0.05) is 32.0 Å². The van der Waals surface area contributed by atoms with Gasteiger partial charge in [-0.25, -0.2) is 8.42 Å². The van der Waals surface area contributed by atoms with Crippen molar-refractivity contribution < 1.29 is 18.0 Å². The van der Waals surface area contributed by atoms with E-state index in [9.17, 15) is 18.0 Å². The average molecular weight is 378 g/mol. The Kier molecular flexibility index (Phi) is 9.57. The van der Waals surface area contributed by atoms with Gasteiger partial charge in [0.25, 0.3) is 0 Å². The second-order valence-electron chi connectivity index (χ2n) is 5.47. The monoisotopic (exact) mass is 377 g/mol. The van der Waals surface area contributed by atoms with Gasteiger partial charge >= 0.3 is 0 Å². The highest BCUT2D eigenvalue weighted by molar-refractivity contribution is 7.91. The Morgan fingerprint density at radius 2 is 1.71 bits per heavy atom. The molecule has 4 N–H and O–H groups in total. The molecule has 24 heavy (non-hydrogen) atoms. The summed E-state index contributed by atoms with van der Waals surface area (Å²) < 4.78 is 24.0. The number of sulfone groups is 1. The number of hydrogen-bond acceptors (Lipinski definition) is 5. The first-order valence-electron chi connectivity index (χ1n) is 7.32. The van der Waals surface area contributed by atoms with Crippen LogP contribution in [0.4, 0.5) is 0 Å². The van der Waals surface area contributed by atoms with Crippen molar-refractivity contribution in [2.45, 2.75) is 24.8 Å². The third-order valence-electron chi connectivity index (χ3n) is 3.24. The zero-order chi connectivity index (χ0) is 17.5. The lowest BCUT2D eigenvalue weighted by molar-refractivity contribution is -0.127. The number of rotatable bonds is 8. The maximum Gasteiger partial charge on any atom is 0.239 e. The highest BCUT2D eigenvalue weighted by atomic mass is 35.5. The molecule has 0 aliphatic carbocycles. The topological polar surface area (TPSA) is 118 Å². The second-order valence-corrected chi connectivity index (χ2v) is 7.58. The van der Waals surface area contributed by atoms with Crippen molar-refractivity contribution in [3.8, 4) is 0 Å². The zero-order valence-electron chi connectivity index (χ0n) is 13.7. The first-order valence-corrected chi connectivity index (χ1v) is 8.97. The molecule has 7 nitrogen and oxygen atoms in total. The molecule has 0 aliphatic heterocycles. The van der Waals surface area contributed by atoms with E-state index in [0.717, 1.165) is 0 Å². The van der Waals surface area contributed by atoms with E-state index in [1.165, 1.54) is 12.1 Å². The molecule has 0 heterocycles.